The summed E-state index contributed by atoms with van der Waals surface area (Å²) in [7, 11) is 0. The maximum Gasteiger partial charge on any atom is 0.261 e. The lowest BCUT2D eigenvalue weighted by atomic mass is 9.29. The molecule has 127 heavy (non-hydrogen) atoms. The molecular weight excluding hydrogens is 1540 g/mol. The summed E-state index contributed by atoms with van der Waals surface area (Å²) in [6.45, 7) is 5.81. The van der Waals surface area contributed by atoms with Gasteiger partial charge >= 0.3 is 0 Å². The third kappa shape index (κ3) is 11.2. The largest absolute Gasteiger partial charge is 0.459 e. The Morgan fingerprint density at radius 1 is 0.228 bits per heavy atom. The number of ether oxygens (including phenoxy) is 3. The van der Waals surface area contributed by atoms with Crippen LogP contribution in [0.1, 0.15) is 26.3 Å². The van der Waals surface area contributed by atoms with Crippen molar-refractivity contribution < 1.29 is 14.2 Å². The Hall–Kier alpha value is -15.8. The molecule has 0 amide bonds. The van der Waals surface area contributed by atoms with E-state index >= 15 is 0 Å². The van der Waals surface area contributed by atoms with Crippen LogP contribution in [0.2, 0.25) is 0 Å². The van der Waals surface area contributed by atoms with Gasteiger partial charge in [0.1, 0.15) is 34.5 Å². The first kappa shape index (κ1) is 72.8. The molecule has 0 unspecified atom stereocenters. The average molecular weight is 1620 g/mol. The Kier molecular flexibility index (Phi) is 16.3. The smallest absolute Gasteiger partial charge is 0.261 e. The van der Waals surface area contributed by atoms with Gasteiger partial charge in [0.15, 0.2) is 0 Å². The summed E-state index contributed by atoms with van der Waals surface area (Å²) in [4.78, 5) is 5.39. The SMILES string of the molecule is CC(C)(C)c1cc2c3c(c1)N(c1c(-c4ccccc4)cccc1-c1ccccc1)c1cc4c5c(c1B3c1ccc(-c3ccccc3)cc1N2c1c(-c2ccccc2)cccc1-c1ccccc1)Oc1cc(-c2ccccc2)ccc1B5c1c2c3c(c5c6ccc(-c7ccccc7)cc6n-4c15)Oc1ccc(-c4ccccc4)cc1B3c1cc(-c3ccccc3)ccc1O2. The van der Waals surface area contributed by atoms with E-state index in [0.29, 0.717) is 0 Å². The van der Waals surface area contributed by atoms with E-state index in [1.54, 1.807) is 0 Å². The van der Waals surface area contributed by atoms with Gasteiger partial charge < -0.3 is 28.6 Å². The van der Waals surface area contributed by atoms with Crippen LogP contribution in [0.5, 0.6) is 34.5 Å². The molecule has 0 fully saturated rings. The minimum absolute atomic E-state index is 0.349. The third-order valence-electron chi connectivity index (χ3n) is 27.5. The van der Waals surface area contributed by atoms with Gasteiger partial charge in [-0.3, -0.25) is 0 Å². The summed E-state index contributed by atoms with van der Waals surface area (Å²) in [5.41, 5.74) is 39.8. The van der Waals surface area contributed by atoms with Crippen molar-refractivity contribution in [3.63, 3.8) is 0 Å². The van der Waals surface area contributed by atoms with E-state index in [2.05, 4.69) is 454 Å². The molecule has 0 atom stereocenters. The molecule has 0 saturated carbocycles. The van der Waals surface area contributed by atoms with Gasteiger partial charge in [0.05, 0.1) is 22.4 Å². The predicted molar refractivity (Wildman–Crippen MR) is 531 cm³/mol. The van der Waals surface area contributed by atoms with Gasteiger partial charge in [-0.1, -0.05) is 391 Å². The van der Waals surface area contributed by atoms with Gasteiger partial charge in [-0.05, 0) is 181 Å². The van der Waals surface area contributed by atoms with Crippen LogP contribution >= 0.6 is 0 Å². The minimum Gasteiger partial charge on any atom is -0.459 e. The van der Waals surface area contributed by atoms with E-state index in [1.165, 1.54) is 5.56 Å². The highest BCUT2D eigenvalue weighted by Crippen LogP contribution is 2.57. The van der Waals surface area contributed by atoms with Crippen molar-refractivity contribution in [2.75, 3.05) is 9.80 Å². The second-order valence-corrected chi connectivity index (χ2v) is 35.5. The van der Waals surface area contributed by atoms with Gasteiger partial charge in [0.2, 0.25) is 0 Å². The Labute approximate surface area is 739 Å². The molecule has 6 aliphatic heterocycles. The van der Waals surface area contributed by atoms with Gasteiger partial charge in [-0.25, -0.2) is 0 Å². The molecular formula is C118H78B3N3O3. The van der Waals surface area contributed by atoms with Crippen molar-refractivity contribution in [3.05, 3.63) is 424 Å². The highest BCUT2D eigenvalue weighted by atomic mass is 16.5. The van der Waals surface area contributed by atoms with E-state index in [-0.39, 0.29) is 6.71 Å². The van der Waals surface area contributed by atoms with E-state index in [0.717, 1.165) is 245 Å². The van der Waals surface area contributed by atoms with Gasteiger partial charge in [0.25, 0.3) is 20.1 Å². The molecule has 0 bridgehead atoms. The van der Waals surface area contributed by atoms with Gasteiger partial charge in [-0.2, -0.15) is 0 Å². The van der Waals surface area contributed by atoms with Crippen LogP contribution in [0.4, 0.5) is 34.1 Å². The maximum absolute atomic E-state index is 8.67. The normalized spacial score (nSPS) is 13.1. The van der Waals surface area contributed by atoms with Gasteiger partial charge in [0, 0.05) is 66.9 Å². The van der Waals surface area contributed by atoms with Crippen molar-refractivity contribution in [2.24, 2.45) is 0 Å². The number of hydrogen-bond donors (Lipinski definition) is 0. The summed E-state index contributed by atoms with van der Waals surface area (Å²) in [5, 5.41) is 2.09. The molecule has 0 radical (unpaired) electrons. The number of para-hydroxylation sites is 2. The van der Waals surface area contributed by atoms with E-state index in [1.807, 2.05) is 0 Å². The number of nitrogens with zero attached hydrogens (tertiary/aromatic N) is 3. The molecule has 0 spiro atoms. The molecule has 6 nitrogen and oxygen atoms in total. The number of rotatable bonds is 11. The van der Waals surface area contributed by atoms with Crippen LogP contribution in [-0.2, 0) is 5.41 Å². The van der Waals surface area contributed by atoms with E-state index in [9.17, 15) is 0 Å². The lowest BCUT2D eigenvalue weighted by Crippen LogP contribution is -2.66. The van der Waals surface area contributed by atoms with Crippen molar-refractivity contribution in [3.8, 4) is 140 Å². The second kappa shape index (κ2) is 28.4. The standard InChI is InChI=1S/C118H78B3N3O3/c1-118(2,3)87-70-99-107-100(71-87)124(113-90(80-47-27-11-28-48-80)53-32-54-91(113)81-49-29-12-30-50-81)102-72-101-109-116(108(102)120(107)93-61-56-85(76-39-19-7-20-40-76)68-98(93)123(99)112-88(78-43-23-9-24-44-78)51-31-52-89(112)79-45-25-10-26-46-79)127-105-69-86(77-41-21-8-22-42-77)57-62-94(105)121(109)110-114-106(92-60-55-84(67-97(92)122(101)114)75-37-17-6-18-38-75)115-111-117(110)126-104-64-59-83(74-35-15-5-16-36-74)66-96(104)119(111)95-65-82(58-63-103(95)125-115)73-33-13-4-14-34-73/h4-72H,1-3H3. The molecule has 7 heterocycles. The molecule has 0 saturated heterocycles. The lowest BCUT2D eigenvalue weighted by Gasteiger charge is -2.48. The summed E-state index contributed by atoms with van der Waals surface area (Å²) in [6.07, 6.45) is 0. The zero-order chi connectivity index (χ0) is 83.9. The van der Waals surface area contributed by atoms with Crippen LogP contribution in [0.3, 0.4) is 0 Å². The topological polar surface area (TPSA) is 39.1 Å². The molecule has 592 valence electrons. The number of aromatic nitrogens is 1. The molecule has 1 aromatic heterocycles. The summed E-state index contributed by atoms with van der Waals surface area (Å²) in [5.74, 6) is 4.79. The number of hydrogen-bond acceptors (Lipinski definition) is 5. The monoisotopic (exact) mass is 1620 g/mol. The summed E-state index contributed by atoms with van der Waals surface area (Å²) in [6, 6.07) is 155. The quantitative estimate of drug-likeness (QED) is 0.121. The van der Waals surface area contributed by atoms with Crippen molar-refractivity contribution >= 4 is 125 Å². The van der Waals surface area contributed by atoms with Crippen molar-refractivity contribution in [2.45, 2.75) is 26.2 Å². The van der Waals surface area contributed by atoms with E-state index < -0.39 is 18.8 Å². The molecule has 19 aromatic carbocycles. The molecule has 6 aliphatic rings. The van der Waals surface area contributed by atoms with Crippen LogP contribution in [0.15, 0.2) is 419 Å². The van der Waals surface area contributed by atoms with Crippen LogP contribution in [0.25, 0.3) is 128 Å². The van der Waals surface area contributed by atoms with Crippen molar-refractivity contribution in [1.82, 2.24) is 4.57 Å². The minimum atomic E-state index is -0.514. The fraction of sp³-hybridized carbons (Fsp3) is 0.0339. The lowest BCUT2D eigenvalue weighted by molar-refractivity contribution is 0.470. The van der Waals surface area contributed by atoms with Crippen molar-refractivity contribution in [1.29, 1.82) is 0 Å². The number of anilines is 6. The molecule has 20 aromatic rings. The van der Waals surface area contributed by atoms with Crippen LogP contribution in [0, 0.1) is 0 Å². The van der Waals surface area contributed by atoms with E-state index in [4.69, 9.17) is 14.2 Å². The maximum atomic E-state index is 8.67. The fourth-order valence-corrected chi connectivity index (χ4v) is 21.7. The third-order valence-corrected chi connectivity index (χ3v) is 27.5. The predicted octanol–water partition coefficient (Wildman–Crippen LogP) is 24.8. The zero-order valence-corrected chi connectivity index (χ0v) is 70.1. The fourth-order valence-electron chi connectivity index (χ4n) is 21.7. The first-order chi connectivity index (χ1) is 62.7. The van der Waals surface area contributed by atoms with Crippen LogP contribution in [-0.4, -0.2) is 24.7 Å². The molecule has 9 heteroatoms. The van der Waals surface area contributed by atoms with Gasteiger partial charge in [-0.15, -0.1) is 0 Å². The highest BCUT2D eigenvalue weighted by Gasteiger charge is 2.55. The Bertz CT molecular complexity index is 7780. The second-order valence-electron chi connectivity index (χ2n) is 35.5. The molecule has 0 N–H and O–H groups in total. The van der Waals surface area contributed by atoms with Crippen LogP contribution < -0.4 is 73.2 Å². The highest BCUT2D eigenvalue weighted by molar-refractivity contribution is 7.05. The first-order valence-corrected chi connectivity index (χ1v) is 44.2. The Morgan fingerprint density at radius 2 is 0.583 bits per heavy atom. The molecule has 0 aliphatic carbocycles. The number of benzene rings is 19. The zero-order valence-electron chi connectivity index (χ0n) is 70.1. The molecule has 26 rings (SSSR count). The number of fused-ring (bicyclic) bond motifs is 18. The summed E-state index contributed by atoms with van der Waals surface area (Å²) >= 11 is 0. The average Bonchev–Trinajstić information content (AvgIpc) is 1.64. The first-order valence-electron chi connectivity index (χ1n) is 44.2. The summed E-state index contributed by atoms with van der Waals surface area (Å²) < 4.78 is 27.5. The Balaban J connectivity index is 0.857. The Morgan fingerprint density at radius 3 is 1.04 bits per heavy atom.